The molecule has 0 radical (unpaired) electrons. The van der Waals surface area contributed by atoms with E-state index in [9.17, 15) is 0 Å². The highest BCUT2D eigenvalue weighted by Crippen LogP contribution is 2.28. The zero-order valence-electron chi connectivity index (χ0n) is 15.1. The lowest BCUT2D eigenvalue weighted by Crippen LogP contribution is -2.35. The quantitative estimate of drug-likeness (QED) is 0.800. The highest BCUT2D eigenvalue weighted by Gasteiger charge is 2.19. The van der Waals surface area contributed by atoms with Crippen molar-refractivity contribution in [3.05, 3.63) is 53.9 Å². The van der Waals surface area contributed by atoms with E-state index in [2.05, 4.69) is 28.3 Å². The maximum Gasteiger partial charge on any atom is 0.161 e. The predicted octanol–water partition coefficient (Wildman–Crippen LogP) is 2.85. The van der Waals surface area contributed by atoms with Crippen molar-refractivity contribution in [1.29, 1.82) is 0 Å². The van der Waals surface area contributed by atoms with Crippen LogP contribution in [-0.2, 0) is 13.2 Å². The van der Waals surface area contributed by atoms with Crippen molar-refractivity contribution >= 4 is 0 Å². The SMILES string of the molecule is COc1cc(CNC[C@@H]2CCCN2C)ccc1OCc1ccncc1. The molecule has 3 rings (SSSR count). The average Bonchev–Trinajstić information content (AvgIpc) is 3.06. The Morgan fingerprint density at radius 1 is 1.16 bits per heavy atom. The van der Waals surface area contributed by atoms with Gasteiger partial charge in [0, 0.05) is 31.5 Å². The normalized spacial score (nSPS) is 17.6. The third-order valence-corrected chi connectivity index (χ3v) is 4.75. The molecular weight excluding hydrogens is 314 g/mol. The topological polar surface area (TPSA) is 46.6 Å². The molecule has 0 bridgehead atoms. The van der Waals surface area contributed by atoms with Crippen molar-refractivity contribution in [3.63, 3.8) is 0 Å². The zero-order chi connectivity index (χ0) is 17.5. The van der Waals surface area contributed by atoms with Crippen LogP contribution in [0.15, 0.2) is 42.7 Å². The smallest absolute Gasteiger partial charge is 0.161 e. The Balaban J connectivity index is 1.53. The summed E-state index contributed by atoms with van der Waals surface area (Å²) in [5.74, 6) is 1.53. The van der Waals surface area contributed by atoms with Gasteiger partial charge in [-0.2, -0.15) is 0 Å². The fraction of sp³-hybridized carbons (Fsp3) is 0.450. The zero-order valence-corrected chi connectivity index (χ0v) is 15.1. The highest BCUT2D eigenvalue weighted by molar-refractivity contribution is 5.43. The van der Waals surface area contributed by atoms with Crippen LogP contribution in [-0.4, -0.2) is 43.2 Å². The second-order valence-electron chi connectivity index (χ2n) is 6.54. The summed E-state index contributed by atoms with van der Waals surface area (Å²) in [6.07, 6.45) is 6.13. The van der Waals surface area contributed by atoms with Crippen molar-refractivity contribution < 1.29 is 9.47 Å². The van der Waals surface area contributed by atoms with Crippen molar-refractivity contribution in [1.82, 2.24) is 15.2 Å². The molecule has 0 saturated carbocycles. The Morgan fingerprint density at radius 3 is 2.72 bits per heavy atom. The number of ether oxygens (including phenoxy) is 2. The number of nitrogens with one attached hydrogen (secondary N) is 1. The fourth-order valence-corrected chi connectivity index (χ4v) is 3.20. The van der Waals surface area contributed by atoms with Crippen LogP contribution in [0.2, 0.25) is 0 Å². The molecule has 1 saturated heterocycles. The maximum atomic E-state index is 5.89. The van der Waals surface area contributed by atoms with Crippen LogP contribution >= 0.6 is 0 Å². The molecule has 0 amide bonds. The molecule has 0 aliphatic carbocycles. The standard InChI is InChI=1S/C20H27N3O2/c1-23-11-3-4-18(23)14-22-13-17-5-6-19(20(12-17)24-2)25-15-16-7-9-21-10-8-16/h5-10,12,18,22H,3-4,11,13-15H2,1-2H3/t18-/m0/s1. The van der Waals surface area contributed by atoms with Crippen molar-refractivity contribution in [2.45, 2.75) is 32.0 Å². The molecule has 2 aromatic rings. The number of methoxy groups -OCH3 is 1. The maximum absolute atomic E-state index is 5.89. The summed E-state index contributed by atoms with van der Waals surface area (Å²) in [5, 5.41) is 3.56. The molecule has 1 aromatic carbocycles. The first-order chi connectivity index (χ1) is 12.3. The van der Waals surface area contributed by atoms with Gasteiger partial charge in [0.2, 0.25) is 0 Å². The second kappa shape index (κ2) is 8.83. The number of benzene rings is 1. The van der Waals surface area contributed by atoms with Crippen LogP contribution in [0.5, 0.6) is 11.5 Å². The summed E-state index contributed by atoms with van der Waals surface area (Å²) in [7, 11) is 3.89. The Morgan fingerprint density at radius 2 is 2.00 bits per heavy atom. The van der Waals surface area contributed by atoms with E-state index < -0.39 is 0 Å². The number of likely N-dealkylation sites (tertiary alicyclic amines) is 1. The number of pyridine rings is 1. The van der Waals surface area contributed by atoms with Gasteiger partial charge in [0.25, 0.3) is 0 Å². The van der Waals surface area contributed by atoms with Gasteiger partial charge in [-0.3, -0.25) is 4.98 Å². The van der Waals surface area contributed by atoms with Gasteiger partial charge in [-0.15, -0.1) is 0 Å². The van der Waals surface area contributed by atoms with Gasteiger partial charge >= 0.3 is 0 Å². The lowest BCUT2D eigenvalue weighted by molar-refractivity contribution is 0.284. The molecule has 1 atom stereocenters. The summed E-state index contributed by atoms with van der Waals surface area (Å²) in [4.78, 5) is 6.45. The lowest BCUT2D eigenvalue weighted by atomic mass is 10.2. The minimum atomic E-state index is 0.504. The van der Waals surface area contributed by atoms with Gasteiger partial charge in [0.15, 0.2) is 11.5 Å². The van der Waals surface area contributed by atoms with Crippen molar-refractivity contribution in [3.8, 4) is 11.5 Å². The van der Waals surface area contributed by atoms with Gasteiger partial charge in [-0.05, 0) is 61.8 Å². The molecule has 1 aromatic heterocycles. The molecule has 25 heavy (non-hydrogen) atoms. The molecule has 5 nitrogen and oxygen atoms in total. The first-order valence-corrected chi connectivity index (χ1v) is 8.86. The third-order valence-electron chi connectivity index (χ3n) is 4.75. The molecular formula is C20H27N3O2. The largest absolute Gasteiger partial charge is 0.493 e. The van der Waals surface area contributed by atoms with E-state index in [1.54, 1.807) is 19.5 Å². The van der Waals surface area contributed by atoms with Gasteiger partial charge in [0.05, 0.1) is 7.11 Å². The number of likely N-dealkylation sites (N-methyl/N-ethyl adjacent to an activating group) is 1. The third kappa shape index (κ3) is 4.94. The molecule has 2 heterocycles. The van der Waals surface area contributed by atoms with Gasteiger partial charge in [0.1, 0.15) is 6.61 Å². The Bertz CT molecular complexity index is 663. The monoisotopic (exact) mass is 341 g/mol. The molecule has 1 aliphatic heterocycles. The van der Waals surface area contributed by atoms with E-state index in [4.69, 9.17) is 9.47 Å². The molecule has 1 fully saturated rings. The summed E-state index contributed by atoms with van der Waals surface area (Å²) >= 11 is 0. The fourth-order valence-electron chi connectivity index (χ4n) is 3.20. The molecule has 1 N–H and O–H groups in total. The minimum Gasteiger partial charge on any atom is -0.493 e. The van der Waals surface area contributed by atoms with Crippen LogP contribution in [0.4, 0.5) is 0 Å². The number of aromatic nitrogens is 1. The predicted molar refractivity (Wildman–Crippen MR) is 98.9 cm³/mol. The van der Waals surface area contributed by atoms with E-state index >= 15 is 0 Å². The first kappa shape index (κ1) is 17.7. The number of hydrogen-bond donors (Lipinski definition) is 1. The van der Waals surface area contributed by atoms with Crippen molar-refractivity contribution in [2.75, 3.05) is 27.2 Å². The highest BCUT2D eigenvalue weighted by atomic mass is 16.5. The van der Waals surface area contributed by atoms with Crippen molar-refractivity contribution in [2.24, 2.45) is 0 Å². The van der Waals surface area contributed by atoms with Gasteiger partial charge in [-0.25, -0.2) is 0 Å². The average molecular weight is 341 g/mol. The molecule has 134 valence electrons. The second-order valence-corrected chi connectivity index (χ2v) is 6.54. The Hall–Kier alpha value is -2.11. The van der Waals surface area contributed by atoms with Gasteiger partial charge < -0.3 is 19.7 Å². The minimum absolute atomic E-state index is 0.504. The summed E-state index contributed by atoms with van der Waals surface area (Å²) in [5.41, 5.74) is 2.29. The lowest BCUT2D eigenvalue weighted by Gasteiger charge is -2.20. The van der Waals surface area contributed by atoms with Crippen LogP contribution < -0.4 is 14.8 Å². The first-order valence-electron chi connectivity index (χ1n) is 8.86. The van der Waals surface area contributed by atoms with E-state index in [0.29, 0.717) is 12.6 Å². The van der Waals surface area contributed by atoms with Crippen LogP contribution in [0, 0.1) is 0 Å². The number of hydrogen-bond acceptors (Lipinski definition) is 5. The van der Waals surface area contributed by atoms with E-state index in [0.717, 1.165) is 30.2 Å². The molecule has 0 unspecified atom stereocenters. The summed E-state index contributed by atoms with van der Waals surface area (Å²) < 4.78 is 11.4. The van der Waals surface area contributed by atoms with Crippen LogP contribution in [0.3, 0.4) is 0 Å². The number of rotatable bonds is 8. The van der Waals surface area contributed by atoms with Crippen LogP contribution in [0.1, 0.15) is 24.0 Å². The Labute approximate surface area is 150 Å². The summed E-state index contributed by atoms with van der Waals surface area (Å²) in [6, 6.07) is 10.7. The molecule has 5 heteroatoms. The number of nitrogens with zero attached hydrogens (tertiary/aromatic N) is 2. The van der Waals surface area contributed by atoms with E-state index in [1.165, 1.54) is 24.9 Å². The summed E-state index contributed by atoms with van der Waals surface area (Å²) in [6.45, 7) is 3.58. The van der Waals surface area contributed by atoms with Crippen LogP contribution in [0.25, 0.3) is 0 Å². The van der Waals surface area contributed by atoms with E-state index in [-0.39, 0.29) is 0 Å². The molecule has 0 spiro atoms. The molecule has 1 aliphatic rings. The Kier molecular flexibility index (Phi) is 6.25. The van der Waals surface area contributed by atoms with E-state index in [1.807, 2.05) is 24.3 Å². The van der Waals surface area contributed by atoms with Gasteiger partial charge in [-0.1, -0.05) is 6.07 Å².